The highest BCUT2D eigenvalue weighted by Crippen LogP contribution is 2.31. The van der Waals surface area contributed by atoms with Crippen LogP contribution in [0, 0.1) is 0 Å². The molecule has 1 aliphatic carbocycles. The minimum Gasteiger partial charge on any atom is -0.277 e. The van der Waals surface area contributed by atoms with Gasteiger partial charge in [0.1, 0.15) is 0 Å². The molecule has 0 amide bonds. The normalized spacial score (nSPS) is 16.1. The van der Waals surface area contributed by atoms with E-state index in [1.54, 1.807) is 6.07 Å². The molecule has 2 heterocycles. The predicted octanol–water partition coefficient (Wildman–Crippen LogP) is 2.99. The summed E-state index contributed by atoms with van der Waals surface area (Å²) in [6.07, 6.45) is 9.76. The monoisotopic (exact) mass is 267 g/mol. The van der Waals surface area contributed by atoms with Crippen LogP contribution in [0.4, 0.5) is 0 Å². The van der Waals surface area contributed by atoms with Gasteiger partial charge in [-0.1, -0.05) is 45.4 Å². The highest BCUT2D eigenvalue weighted by molar-refractivity contribution is 5.65. The molecule has 0 fully saturated rings. The van der Waals surface area contributed by atoms with Crippen LogP contribution in [0.1, 0.15) is 44.7 Å². The molecule has 0 atom stereocenters. The third kappa shape index (κ3) is 1.82. The Bertz CT molecular complexity index is 793. The molecule has 1 aliphatic rings. The topological polar surface area (TPSA) is 21.5 Å². The van der Waals surface area contributed by atoms with Crippen LogP contribution in [0.5, 0.6) is 0 Å². The summed E-state index contributed by atoms with van der Waals surface area (Å²) < 4.78 is 1.88. The van der Waals surface area contributed by atoms with Crippen molar-refractivity contribution in [2.24, 2.45) is 0 Å². The minimum atomic E-state index is -0.00832. The van der Waals surface area contributed by atoms with Crippen molar-refractivity contribution in [3.8, 4) is 0 Å². The minimum absolute atomic E-state index is 0.00832. The van der Waals surface area contributed by atoms with E-state index in [-0.39, 0.29) is 11.0 Å². The lowest BCUT2D eigenvalue weighted by Crippen LogP contribution is -2.31. The largest absolute Gasteiger partial charge is 0.277 e. The zero-order valence-corrected chi connectivity index (χ0v) is 12.4. The second kappa shape index (κ2) is 4.62. The molecule has 0 aliphatic heterocycles. The van der Waals surface area contributed by atoms with Crippen molar-refractivity contribution in [1.29, 1.82) is 0 Å². The molecule has 2 aromatic heterocycles. The van der Waals surface area contributed by atoms with Crippen LogP contribution in [0.15, 0.2) is 35.1 Å². The van der Waals surface area contributed by atoms with E-state index in [0.29, 0.717) is 0 Å². The number of hydrogen-bond acceptors (Lipinski definition) is 1. The molecule has 3 rings (SSSR count). The van der Waals surface area contributed by atoms with E-state index in [1.165, 1.54) is 17.5 Å². The second-order valence-electron chi connectivity index (χ2n) is 6.17. The molecule has 0 aromatic carbocycles. The van der Waals surface area contributed by atoms with Gasteiger partial charge >= 0.3 is 0 Å². The average Bonchev–Trinajstić information content (AvgIpc) is 2.73. The molecule has 0 bridgehead atoms. The average molecular weight is 267 g/mol. The molecule has 0 radical (unpaired) electrons. The summed E-state index contributed by atoms with van der Waals surface area (Å²) in [7, 11) is 0. The number of aromatic nitrogens is 1. The summed E-state index contributed by atoms with van der Waals surface area (Å²) in [5.41, 5.74) is 3.83. The first-order valence-electron chi connectivity index (χ1n) is 7.42. The van der Waals surface area contributed by atoms with E-state index in [2.05, 4.69) is 45.1 Å². The van der Waals surface area contributed by atoms with Crippen LogP contribution < -0.4 is 10.9 Å². The van der Waals surface area contributed by atoms with Gasteiger partial charge in [0.15, 0.2) is 0 Å². The lowest BCUT2D eigenvalue weighted by Gasteiger charge is -2.23. The van der Waals surface area contributed by atoms with Crippen molar-refractivity contribution in [2.45, 2.75) is 45.4 Å². The highest BCUT2D eigenvalue weighted by atomic mass is 16.1. The van der Waals surface area contributed by atoms with Gasteiger partial charge in [0.05, 0.1) is 10.9 Å². The van der Waals surface area contributed by atoms with Crippen molar-refractivity contribution < 1.29 is 0 Å². The van der Waals surface area contributed by atoms with Gasteiger partial charge in [-0.2, -0.15) is 0 Å². The number of fused-ring (bicyclic) bond motifs is 3. The number of unbranched alkanes of at least 4 members (excludes halogenated alkanes) is 1. The summed E-state index contributed by atoms with van der Waals surface area (Å²) >= 11 is 0. The summed E-state index contributed by atoms with van der Waals surface area (Å²) in [6, 6.07) is 5.60. The first kappa shape index (κ1) is 13.2. The molecule has 0 N–H and O–H groups in total. The quantitative estimate of drug-likeness (QED) is 0.837. The zero-order valence-electron chi connectivity index (χ0n) is 12.4. The molecule has 2 heteroatoms. The van der Waals surface area contributed by atoms with Crippen molar-refractivity contribution in [3.05, 3.63) is 57.2 Å². The molecule has 104 valence electrons. The van der Waals surface area contributed by atoms with E-state index >= 15 is 0 Å². The highest BCUT2D eigenvalue weighted by Gasteiger charge is 2.27. The maximum Gasteiger partial charge on any atom is 0.255 e. The molecular weight excluding hydrogens is 246 g/mol. The SMILES string of the molecule is CCCCc1c2c(n3c(=O)cccc13)=CC=CC2(C)C. The van der Waals surface area contributed by atoms with E-state index in [0.717, 1.165) is 23.7 Å². The van der Waals surface area contributed by atoms with Crippen LogP contribution in [0.25, 0.3) is 11.6 Å². The Balaban J connectivity index is 2.44. The second-order valence-corrected chi connectivity index (χ2v) is 6.17. The van der Waals surface area contributed by atoms with E-state index in [4.69, 9.17) is 0 Å². The number of allylic oxidation sites excluding steroid dienone is 2. The Kier molecular flexibility index (Phi) is 3.04. The van der Waals surface area contributed by atoms with Crippen LogP contribution in [-0.4, -0.2) is 4.40 Å². The van der Waals surface area contributed by atoms with Crippen LogP contribution >= 0.6 is 0 Å². The van der Waals surface area contributed by atoms with Crippen molar-refractivity contribution >= 4 is 11.6 Å². The number of pyridine rings is 1. The molecule has 0 saturated heterocycles. The lowest BCUT2D eigenvalue weighted by molar-refractivity contribution is 0.646. The molecule has 2 nitrogen and oxygen atoms in total. The summed E-state index contributed by atoms with van der Waals surface area (Å²) in [5, 5.41) is 1.07. The summed E-state index contributed by atoms with van der Waals surface area (Å²) in [5.74, 6) is 0. The predicted molar refractivity (Wildman–Crippen MR) is 84.1 cm³/mol. The Hall–Kier alpha value is -1.83. The van der Waals surface area contributed by atoms with Gasteiger partial charge in [-0.25, -0.2) is 0 Å². The maximum atomic E-state index is 12.3. The molecule has 0 saturated carbocycles. The molecule has 20 heavy (non-hydrogen) atoms. The lowest BCUT2D eigenvalue weighted by atomic mass is 9.79. The van der Waals surface area contributed by atoms with Crippen molar-refractivity contribution in [1.82, 2.24) is 4.40 Å². The van der Waals surface area contributed by atoms with Crippen molar-refractivity contribution in [2.75, 3.05) is 0 Å². The fourth-order valence-electron chi connectivity index (χ4n) is 3.31. The van der Waals surface area contributed by atoms with Gasteiger partial charge in [-0.05, 0) is 36.1 Å². The molecule has 2 aromatic rings. The van der Waals surface area contributed by atoms with Gasteiger partial charge < -0.3 is 0 Å². The van der Waals surface area contributed by atoms with Gasteiger partial charge in [0.25, 0.3) is 5.56 Å². The molecular formula is C18H21NO. The van der Waals surface area contributed by atoms with Crippen LogP contribution in [-0.2, 0) is 11.8 Å². The maximum absolute atomic E-state index is 12.3. The van der Waals surface area contributed by atoms with E-state index < -0.39 is 0 Å². The fraction of sp³-hybridized carbons (Fsp3) is 0.389. The van der Waals surface area contributed by atoms with Gasteiger partial charge in [-0.15, -0.1) is 0 Å². The van der Waals surface area contributed by atoms with E-state index in [9.17, 15) is 4.79 Å². The summed E-state index contributed by atoms with van der Waals surface area (Å²) in [4.78, 5) is 12.3. The first-order chi connectivity index (χ1) is 9.56. The van der Waals surface area contributed by atoms with Gasteiger partial charge in [-0.3, -0.25) is 9.20 Å². The number of aryl methyl sites for hydroxylation is 1. The number of rotatable bonds is 3. The van der Waals surface area contributed by atoms with Crippen LogP contribution in [0.3, 0.4) is 0 Å². The third-order valence-electron chi connectivity index (χ3n) is 4.25. The smallest absolute Gasteiger partial charge is 0.255 e. The molecule has 0 spiro atoms. The van der Waals surface area contributed by atoms with E-state index in [1.807, 2.05) is 10.5 Å². The fourth-order valence-corrected chi connectivity index (χ4v) is 3.31. The Labute approximate surface area is 119 Å². The van der Waals surface area contributed by atoms with Gasteiger partial charge in [0.2, 0.25) is 0 Å². The number of nitrogens with zero attached hydrogens (tertiary/aromatic N) is 1. The number of hydrogen-bond donors (Lipinski definition) is 0. The van der Waals surface area contributed by atoms with Gasteiger partial charge in [0, 0.05) is 11.5 Å². The van der Waals surface area contributed by atoms with Crippen molar-refractivity contribution in [3.63, 3.8) is 0 Å². The zero-order chi connectivity index (χ0) is 14.3. The Morgan fingerprint density at radius 2 is 2.05 bits per heavy atom. The first-order valence-corrected chi connectivity index (χ1v) is 7.42. The molecule has 0 unspecified atom stereocenters. The Morgan fingerprint density at radius 1 is 1.25 bits per heavy atom. The standard InChI is InChI=1S/C18H21NO/c1-4-5-8-13-14-9-6-11-16(20)19(14)15-10-7-12-18(2,3)17(13)15/h6-7,9-12H,4-5,8H2,1-3H3. The Morgan fingerprint density at radius 3 is 2.80 bits per heavy atom. The summed E-state index contributed by atoms with van der Waals surface area (Å²) in [6.45, 7) is 6.67. The third-order valence-corrected chi connectivity index (χ3v) is 4.25. The van der Waals surface area contributed by atoms with Crippen LogP contribution in [0.2, 0.25) is 0 Å².